The van der Waals surface area contributed by atoms with Gasteiger partial charge in [-0.15, -0.1) is 0 Å². The van der Waals surface area contributed by atoms with Crippen LogP contribution < -0.4 is 5.32 Å². The van der Waals surface area contributed by atoms with Gasteiger partial charge >= 0.3 is 0 Å². The number of rotatable bonds is 2. The Labute approximate surface area is 175 Å². The lowest BCUT2D eigenvalue weighted by molar-refractivity contribution is -0.118. The summed E-state index contributed by atoms with van der Waals surface area (Å²) in [5.74, 6) is -0.0473. The molecule has 0 bridgehead atoms. The van der Waals surface area contributed by atoms with Crippen molar-refractivity contribution in [2.45, 2.75) is 5.41 Å². The van der Waals surface area contributed by atoms with Crippen LogP contribution in [0.1, 0.15) is 16.7 Å². The van der Waals surface area contributed by atoms with Crippen LogP contribution >= 0.6 is 15.9 Å². The maximum atomic E-state index is 13.8. The highest BCUT2D eigenvalue weighted by atomic mass is 79.9. The van der Waals surface area contributed by atoms with Gasteiger partial charge in [-0.1, -0.05) is 58.4 Å². The minimum atomic E-state index is -0.978. The summed E-state index contributed by atoms with van der Waals surface area (Å²) in [6, 6.07) is 22.1. The van der Waals surface area contributed by atoms with Crippen LogP contribution in [-0.4, -0.2) is 15.9 Å². The number of hydrogen-bond acceptors (Lipinski definition) is 1. The molecule has 3 N–H and O–H groups in total. The number of anilines is 1. The van der Waals surface area contributed by atoms with Gasteiger partial charge in [-0.3, -0.25) is 4.79 Å². The molecule has 5 heteroatoms. The van der Waals surface area contributed by atoms with Crippen molar-refractivity contribution >= 4 is 49.3 Å². The van der Waals surface area contributed by atoms with Crippen LogP contribution in [0.25, 0.3) is 21.8 Å². The van der Waals surface area contributed by atoms with E-state index in [1.165, 1.54) is 0 Å². The number of aromatic nitrogens is 2. The van der Waals surface area contributed by atoms with Gasteiger partial charge in [-0.05, 0) is 24.3 Å². The van der Waals surface area contributed by atoms with E-state index in [9.17, 15) is 4.79 Å². The van der Waals surface area contributed by atoms with Crippen LogP contribution in [0.4, 0.5) is 5.69 Å². The molecule has 0 atom stereocenters. The molecule has 29 heavy (non-hydrogen) atoms. The Morgan fingerprint density at radius 3 is 1.93 bits per heavy atom. The lowest BCUT2D eigenvalue weighted by atomic mass is 9.70. The van der Waals surface area contributed by atoms with E-state index < -0.39 is 5.41 Å². The minimum Gasteiger partial charge on any atom is -0.361 e. The molecule has 6 rings (SSSR count). The van der Waals surface area contributed by atoms with Crippen LogP contribution in [0.15, 0.2) is 83.6 Å². The first-order valence-electron chi connectivity index (χ1n) is 9.45. The van der Waals surface area contributed by atoms with Gasteiger partial charge in [-0.25, -0.2) is 0 Å². The molecule has 3 aromatic carbocycles. The van der Waals surface area contributed by atoms with E-state index in [0.717, 1.165) is 48.7 Å². The number of benzene rings is 3. The van der Waals surface area contributed by atoms with Gasteiger partial charge in [0.15, 0.2) is 0 Å². The zero-order valence-electron chi connectivity index (χ0n) is 15.3. The van der Waals surface area contributed by atoms with Crippen molar-refractivity contribution in [2.75, 3.05) is 5.32 Å². The smallest absolute Gasteiger partial charge is 0.244 e. The van der Waals surface area contributed by atoms with Gasteiger partial charge in [0, 0.05) is 61.0 Å². The molecule has 0 radical (unpaired) electrons. The fourth-order valence-corrected chi connectivity index (χ4v) is 5.43. The Hall–Kier alpha value is -3.31. The molecule has 4 nitrogen and oxygen atoms in total. The largest absolute Gasteiger partial charge is 0.361 e. The van der Waals surface area contributed by atoms with Crippen LogP contribution in [0.3, 0.4) is 0 Å². The molecule has 140 valence electrons. The van der Waals surface area contributed by atoms with Crippen molar-refractivity contribution in [1.29, 1.82) is 0 Å². The molecular formula is C24H16BrN3O. The van der Waals surface area contributed by atoms with Gasteiger partial charge in [0.25, 0.3) is 0 Å². The first-order chi connectivity index (χ1) is 14.2. The van der Waals surface area contributed by atoms with E-state index in [1.807, 2.05) is 67.0 Å². The van der Waals surface area contributed by atoms with Gasteiger partial charge in [0.2, 0.25) is 5.91 Å². The maximum Gasteiger partial charge on any atom is 0.244 e. The topological polar surface area (TPSA) is 60.7 Å². The van der Waals surface area contributed by atoms with Crippen molar-refractivity contribution in [1.82, 2.24) is 9.97 Å². The standard InChI is InChI=1S/C24H16BrN3O/c25-18-8-5-11-21-22(18)24(23(29)28-21,16-12-26-19-9-3-1-6-14(16)19)17-13-27-20-10-4-2-7-15(17)20/h1-13,26-27H,(H,28,29). The maximum absolute atomic E-state index is 13.8. The zero-order chi connectivity index (χ0) is 19.6. The number of amides is 1. The molecular weight excluding hydrogens is 426 g/mol. The third kappa shape index (κ3) is 2.05. The number of H-pyrrole nitrogens is 2. The minimum absolute atomic E-state index is 0.0473. The normalized spacial score (nSPS) is 15.0. The molecule has 0 fully saturated rings. The van der Waals surface area contributed by atoms with E-state index in [2.05, 4.69) is 43.3 Å². The number of nitrogens with one attached hydrogen (secondary N) is 3. The highest BCUT2D eigenvalue weighted by molar-refractivity contribution is 9.10. The predicted molar refractivity (Wildman–Crippen MR) is 119 cm³/mol. The fraction of sp³-hybridized carbons (Fsp3) is 0.0417. The van der Waals surface area contributed by atoms with Crippen molar-refractivity contribution in [3.63, 3.8) is 0 Å². The van der Waals surface area contributed by atoms with Gasteiger partial charge in [-0.2, -0.15) is 0 Å². The SMILES string of the molecule is O=C1Nc2cccc(Br)c2C1(c1c[nH]c2ccccc12)c1c[nH]c2ccccc12. The average Bonchev–Trinajstić information content (AvgIpc) is 3.42. The molecule has 3 heterocycles. The van der Waals surface area contributed by atoms with E-state index in [-0.39, 0.29) is 5.91 Å². The summed E-state index contributed by atoms with van der Waals surface area (Å²) in [6.45, 7) is 0. The highest BCUT2D eigenvalue weighted by Crippen LogP contribution is 2.53. The zero-order valence-corrected chi connectivity index (χ0v) is 16.9. The van der Waals surface area contributed by atoms with E-state index in [1.54, 1.807) is 0 Å². The second-order valence-electron chi connectivity index (χ2n) is 7.36. The third-order valence-corrected chi connectivity index (χ3v) is 6.62. The first-order valence-corrected chi connectivity index (χ1v) is 10.2. The quantitative estimate of drug-likeness (QED) is 0.323. The predicted octanol–water partition coefficient (Wildman–Crippen LogP) is 5.70. The van der Waals surface area contributed by atoms with Crippen molar-refractivity contribution in [2.24, 2.45) is 0 Å². The number of para-hydroxylation sites is 2. The van der Waals surface area contributed by atoms with Crippen LogP contribution in [0.5, 0.6) is 0 Å². The fourth-order valence-electron chi connectivity index (χ4n) is 4.76. The number of hydrogen-bond donors (Lipinski definition) is 3. The van der Waals surface area contributed by atoms with Gasteiger partial charge in [0.05, 0.1) is 0 Å². The van der Waals surface area contributed by atoms with Crippen molar-refractivity contribution < 1.29 is 4.79 Å². The molecule has 1 aliphatic heterocycles. The van der Waals surface area contributed by atoms with E-state index in [4.69, 9.17) is 0 Å². The summed E-state index contributed by atoms with van der Waals surface area (Å²) in [5.41, 5.74) is 4.71. The lowest BCUT2D eigenvalue weighted by Crippen LogP contribution is -2.37. The molecule has 1 aliphatic rings. The average molecular weight is 442 g/mol. The Morgan fingerprint density at radius 2 is 1.31 bits per heavy atom. The number of halogens is 1. The number of aromatic amines is 2. The Kier molecular flexibility index (Phi) is 3.35. The Morgan fingerprint density at radius 1 is 0.724 bits per heavy atom. The summed E-state index contributed by atoms with van der Waals surface area (Å²) in [4.78, 5) is 20.6. The molecule has 0 spiro atoms. The second kappa shape index (κ2) is 5.84. The highest BCUT2D eigenvalue weighted by Gasteiger charge is 2.53. The lowest BCUT2D eigenvalue weighted by Gasteiger charge is -2.28. The van der Waals surface area contributed by atoms with Gasteiger partial charge < -0.3 is 15.3 Å². The van der Waals surface area contributed by atoms with Crippen LogP contribution in [-0.2, 0) is 10.2 Å². The summed E-state index contributed by atoms with van der Waals surface area (Å²) in [6.07, 6.45) is 3.95. The Balaban J connectivity index is 1.82. The number of fused-ring (bicyclic) bond motifs is 3. The molecule has 1 amide bonds. The summed E-state index contributed by atoms with van der Waals surface area (Å²) in [7, 11) is 0. The van der Waals surface area contributed by atoms with Crippen molar-refractivity contribution in [3.05, 3.63) is 100 Å². The monoisotopic (exact) mass is 441 g/mol. The molecule has 5 aromatic rings. The number of carbonyl (C=O) groups is 1. The summed E-state index contributed by atoms with van der Waals surface area (Å²) < 4.78 is 0.906. The molecule has 0 saturated carbocycles. The summed E-state index contributed by atoms with van der Waals surface area (Å²) in [5, 5.41) is 5.22. The number of carbonyl (C=O) groups excluding carboxylic acids is 1. The van der Waals surface area contributed by atoms with Crippen molar-refractivity contribution in [3.8, 4) is 0 Å². The third-order valence-electron chi connectivity index (χ3n) is 5.96. The van der Waals surface area contributed by atoms with E-state index in [0.29, 0.717) is 0 Å². The molecule has 0 aliphatic carbocycles. The van der Waals surface area contributed by atoms with Gasteiger partial charge in [0.1, 0.15) is 5.41 Å². The van der Waals surface area contributed by atoms with Crippen LogP contribution in [0.2, 0.25) is 0 Å². The summed E-state index contributed by atoms with van der Waals surface area (Å²) >= 11 is 3.74. The molecule has 0 saturated heterocycles. The van der Waals surface area contributed by atoms with Crippen LogP contribution in [0, 0.1) is 0 Å². The first kappa shape index (κ1) is 16.6. The molecule has 0 unspecified atom stereocenters. The Bertz CT molecular complexity index is 1350. The molecule has 2 aromatic heterocycles. The second-order valence-corrected chi connectivity index (χ2v) is 8.22. The van der Waals surface area contributed by atoms with E-state index >= 15 is 0 Å².